The smallest absolute Gasteiger partial charge is 0.255 e. The number of primary amides is 1. The van der Waals surface area contributed by atoms with E-state index in [1.807, 2.05) is 6.07 Å². The van der Waals surface area contributed by atoms with Crippen LogP contribution in [-0.4, -0.2) is 61.5 Å². The Morgan fingerprint density at radius 3 is 2.49 bits per heavy atom. The standard InChI is InChI=1S/C25H27IN2O7/c26-15-8-12(10-28-4-2-1-3-5-28)20(30)18-14(15)7-11-6-13-9-16(29)19(24(27)34)23(33)25(13,35)22(32)17(11)21(18)31/h8,11,13,30-31,33,35H,1-7,9-10H2,(H2,27,34)/t11-,13+,25+/m1/s1. The van der Waals surface area contributed by atoms with E-state index in [0.29, 0.717) is 24.1 Å². The number of carbonyl (C=O) groups is 3. The van der Waals surface area contributed by atoms with Gasteiger partial charge in [0.15, 0.2) is 11.4 Å². The fourth-order valence-corrected chi connectivity index (χ4v) is 7.04. The molecule has 0 bridgehead atoms. The van der Waals surface area contributed by atoms with Crippen LogP contribution in [0.1, 0.15) is 48.8 Å². The molecule has 10 heteroatoms. The minimum absolute atomic E-state index is 0.104. The number of ketones is 2. The topological polar surface area (TPSA) is 161 Å². The van der Waals surface area contributed by atoms with E-state index < -0.39 is 52.0 Å². The van der Waals surface area contributed by atoms with Gasteiger partial charge in [0.05, 0.1) is 5.56 Å². The first-order valence-electron chi connectivity index (χ1n) is 11.8. The molecule has 5 rings (SSSR count). The highest BCUT2D eigenvalue weighted by molar-refractivity contribution is 14.1. The van der Waals surface area contributed by atoms with Gasteiger partial charge in [0.1, 0.15) is 22.8 Å². The number of hydrogen-bond acceptors (Lipinski definition) is 8. The normalized spacial score (nSPS) is 29.1. The lowest BCUT2D eigenvalue weighted by molar-refractivity contribution is -0.147. The third-order valence-corrected chi connectivity index (χ3v) is 8.89. The Bertz CT molecular complexity index is 1230. The number of nitrogens with two attached hydrogens (primary N) is 1. The minimum Gasteiger partial charge on any atom is -0.508 e. The highest BCUT2D eigenvalue weighted by Gasteiger charge is 2.60. The molecule has 1 aliphatic heterocycles. The van der Waals surface area contributed by atoms with Gasteiger partial charge in [-0.1, -0.05) is 6.42 Å². The van der Waals surface area contributed by atoms with Crippen molar-refractivity contribution < 1.29 is 34.8 Å². The van der Waals surface area contributed by atoms with Crippen LogP contribution >= 0.6 is 22.6 Å². The molecule has 3 atom stereocenters. The maximum Gasteiger partial charge on any atom is 0.255 e. The second-order valence-corrected chi connectivity index (χ2v) is 11.1. The van der Waals surface area contributed by atoms with E-state index in [9.17, 15) is 34.8 Å². The van der Waals surface area contributed by atoms with Crippen LogP contribution in [0.15, 0.2) is 23.0 Å². The number of Topliss-reactive ketones (excluding diaryl/α,β-unsaturated/α-hetero) is 2. The molecule has 186 valence electrons. The quantitative estimate of drug-likeness (QED) is 0.263. The number of aliphatic hydroxyl groups is 3. The molecule has 0 aromatic heterocycles. The van der Waals surface area contributed by atoms with Gasteiger partial charge in [0, 0.05) is 33.6 Å². The Labute approximate surface area is 215 Å². The van der Waals surface area contributed by atoms with Crippen LogP contribution in [0.2, 0.25) is 0 Å². The van der Waals surface area contributed by atoms with Crippen LogP contribution in [-0.2, 0) is 27.3 Å². The molecule has 35 heavy (non-hydrogen) atoms. The number of nitrogens with zero attached hydrogens (tertiary/aromatic N) is 1. The van der Waals surface area contributed by atoms with Crippen LogP contribution in [0.3, 0.4) is 0 Å². The summed E-state index contributed by atoms with van der Waals surface area (Å²) < 4.78 is 0.847. The monoisotopic (exact) mass is 594 g/mol. The van der Waals surface area contributed by atoms with Crippen LogP contribution in [0.25, 0.3) is 5.76 Å². The van der Waals surface area contributed by atoms with Crippen molar-refractivity contribution in [1.29, 1.82) is 0 Å². The fourth-order valence-electron chi connectivity index (χ4n) is 6.17. The van der Waals surface area contributed by atoms with Gasteiger partial charge in [-0.05, 0) is 78.9 Å². The number of amides is 1. The highest BCUT2D eigenvalue weighted by atomic mass is 127. The Morgan fingerprint density at radius 2 is 1.83 bits per heavy atom. The van der Waals surface area contributed by atoms with Gasteiger partial charge in [0.2, 0.25) is 5.78 Å². The number of benzene rings is 1. The summed E-state index contributed by atoms with van der Waals surface area (Å²) in [6.45, 7) is 2.35. The third-order valence-electron chi connectivity index (χ3n) is 7.93. The zero-order chi connectivity index (χ0) is 25.2. The van der Waals surface area contributed by atoms with E-state index in [1.165, 1.54) is 6.42 Å². The lowest BCUT2D eigenvalue weighted by Gasteiger charge is -2.46. The predicted octanol–water partition coefficient (Wildman–Crippen LogP) is 2.01. The van der Waals surface area contributed by atoms with Crippen molar-refractivity contribution in [1.82, 2.24) is 4.90 Å². The van der Waals surface area contributed by atoms with Gasteiger partial charge in [-0.3, -0.25) is 19.3 Å². The maximum absolute atomic E-state index is 13.6. The molecular weight excluding hydrogens is 567 g/mol. The molecule has 1 aromatic rings. The molecule has 1 saturated carbocycles. The molecule has 1 saturated heterocycles. The number of fused-ring (bicyclic) bond motifs is 3. The Morgan fingerprint density at radius 1 is 1.14 bits per heavy atom. The summed E-state index contributed by atoms with van der Waals surface area (Å²) in [5.41, 5.74) is 3.30. The highest BCUT2D eigenvalue weighted by Crippen LogP contribution is 2.52. The largest absolute Gasteiger partial charge is 0.508 e. The molecular formula is C25H27IN2O7. The van der Waals surface area contributed by atoms with E-state index in [2.05, 4.69) is 27.5 Å². The number of aromatic hydroxyl groups is 1. The molecule has 1 amide bonds. The van der Waals surface area contributed by atoms with Crippen LogP contribution in [0.5, 0.6) is 5.75 Å². The second kappa shape index (κ2) is 8.59. The molecule has 9 nitrogen and oxygen atoms in total. The number of phenols is 1. The van der Waals surface area contributed by atoms with E-state index in [0.717, 1.165) is 29.5 Å². The van der Waals surface area contributed by atoms with Gasteiger partial charge >= 0.3 is 0 Å². The van der Waals surface area contributed by atoms with Crippen molar-refractivity contribution in [3.8, 4) is 5.75 Å². The van der Waals surface area contributed by atoms with Gasteiger partial charge < -0.3 is 26.2 Å². The Kier molecular flexibility index (Phi) is 5.96. The minimum atomic E-state index is -2.54. The summed E-state index contributed by atoms with van der Waals surface area (Å²) in [5.74, 6) is -5.99. The van der Waals surface area contributed by atoms with Gasteiger partial charge in [-0.25, -0.2) is 0 Å². The molecule has 1 aromatic carbocycles. The van der Waals surface area contributed by atoms with Gasteiger partial charge in [-0.15, -0.1) is 0 Å². The summed E-state index contributed by atoms with van der Waals surface area (Å²) in [6.07, 6.45) is 3.48. The second-order valence-electron chi connectivity index (χ2n) is 9.96. The summed E-state index contributed by atoms with van der Waals surface area (Å²) >= 11 is 2.16. The molecule has 0 radical (unpaired) electrons. The SMILES string of the molecule is NC(=O)C1=C(O)[C@@]2(O)C(=O)C3=C(O)c4c(O)c(CN5CCCCC5)cc(I)c4C[C@H]3C[C@H]2CC1=O. The lowest BCUT2D eigenvalue weighted by atomic mass is 9.59. The van der Waals surface area contributed by atoms with Crippen LogP contribution in [0, 0.1) is 15.4 Å². The molecule has 2 fully saturated rings. The Balaban J connectivity index is 1.62. The molecule has 4 aliphatic rings. The first kappa shape index (κ1) is 24.3. The molecule has 3 aliphatic carbocycles. The molecule has 0 spiro atoms. The van der Waals surface area contributed by atoms with Crippen molar-refractivity contribution in [3.63, 3.8) is 0 Å². The molecule has 1 heterocycles. The Hall–Kier alpha value is -2.44. The van der Waals surface area contributed by atoms with E-state index >= 15 is 0 Å². The number of likely N-dealkylation sites (tertiary alicyclic amines) is 1. The summed E-state index contributed by atoms with van der Waals surface area (Å²) in [6, 6.07) is 1.90. The average Bonchev–Trinajstić information content (AvgIpc) is 2.80. The first-order chi connectivity index (χ1) is 16.6. The number of phenolic OH excluding ortho intramolecular Hbond substituents is 1. The zero-order valence-electron chi connectivity index (χ0n) is 19.0. The number of aliphatic hydroxyl groups excluding tert-OH is 2. The summed E-state index contributed by atoms with van der Waals surface area (Å²) in [5, 5.41) is 44.5. The van der Waals surface area contributed by atoms with Gasteiger partial charge in [0.25, 0.3) is 5.91 Å². The summed E-state index contributed by atoms with van der Waals surface area (Å²) in [7, 11) is 0. The van der Waals surface area contributed by atoms with E-state index in [-0.39, 0.29) is 29.7 Å². The molecule has 6 N–H and O–H groups in total. The first-order valence-corrected chi connectivity index (χ1v) is 12.9. The number of rotatable bonds is 3. The number of hydrogen-bond donors (Lipinski definition) is 5. The van der Waals surface area contributed by atoms with Crippen molar-refractivity contribution in [2.45, 2.75) is 50.7 Å². The van der Waals surface area contributed by atoms with Gasteiger partial charge in [-0.2, -0.15) is 0 Å². The lowest BCUT2D eigenvalue weighted by Crippen LogP contribution is -2.58. The van der Waals surface area contributed by atoms with Crippen LogP contribution in [0.4, 0.5) is 0 Å². The van der Waals surface area contributed by atoms with E-state index in [4.69, 9.17) is 5.73 Å². The predicted molar refractivity (Wildman–Crippen MR) is 133 cm³/mol. The number of piperidine rings is 1. The fraction of sp³-hybridized carbons (Fsp3) is 0.480. The third kappa shape index (κ3) is 3.60. The number of carbonyl (C=O) groups excluding carboxylic acids is 3. The van der Waals surface area contributed by atoms with E-state index in [1.54, 1.807) is 0 Å². The maximum atomic E-state index is 13.6. The van der Waals surface area contributed by atoms with Crippen molar-refractivity contribution in [2.24, 2.45) is 17.6 Å². The van der Waals surface area contributed by atoms with Crippen molar-refractivity contribution in [3.05, 3.63) is 43.2 Å². The summed E-state index contributed by atoms with van der Waals surface area (Å²) in [4.78, 5) is 40.0. The van der Waals surface area contributed by atoms with Crippen LogP contribution < -0.4 is 5.73 Å². The van der Waals surface area contributed by atoms with Crippen molar-refractivity contribution in [2.75, 3.05) is 13.1 Å². The zero-order valence-corrected chi connectivity index (χ0v) is 21.2. The number of halogens is 1. The molecule has 0 unspecified atom stereocenters. The average molecular weight is 594 g/mol. The van der Waals surface area contributed by atoms with Crippen molar-refractivity contribution >= 4 is 45.8 Å².